The van der Waals surface area contributed by atoms with E-state index in [1.54, 1.807) is 0 Å². The van der Waals surface area contributed by atoms with E-state index in [2.05, 4.69) is 20.1 Å². The maximum Gasteiger partial charge on any atom is 0.155 e. The minimum atomic E-state index is -0.145. The minimum absolute atomic E-state index is 0.00546. The lowest BCUT2D eigenvalue weighted by Gasteiger charge is -2.36. The Kier molecular flexibility index (Phi) is 6.48. The molecule has 1 aliphatic rings. The Bertz CT molecular complexity index is 240. The van der Waals surface area contributed by atoms with Crippen molar-refractivity contribution in [3.63, 3.8) is 0 Å². The topological polar surface area (TPSA) is 27.7 Å². The molecule has 0 N–H and O–H groups in total. The number of hydrogen-bond donors (Lipinski definition) is 0. The highest BCUT2D eigenvalue weighted by Crippen LogP contribution is 2.21. The van der Waals surface area contributed by atoms with Crippen LogP contribution in [0, 0.1) is 0 Å². The Morgan fingerprint density at radius 2 is 2.24 bits per heavy atom. The Balaban J connectivity index is 2.52. The average Bonchev–Trinajstić information content (AvgIpc) is 2.35. The van der Waals surface area contributed by atoms with Gasteiger partial charge in [0.25, 0.3) is 0 Å². The predicted molar refractivity (Wildman–Crippen MR) is 68.9 cm³/mol. The van der Waals surface area contributed by atoms with Crippen molar-refractivity contribution in [1.29, 1.82) is 0 Å². The first-order valence-electron chi connectivity index (χ1n) is 6.37. The quantitative estimate of drug-likeness (QED) is 0.640. The Morgan fingerprint density at radius 1 is 1.47 bits per heavy atom. The van der Waals surface area contributed by atoms with Crippen LogP contribution < -0.4 is 0 Å². The fourth-order valence-electron chi connectivity index (χ4n) is 1.92. The molecule has 98 valence electrons. The zero-order chi connectivity index (χ0) is 12.7. The molecule has 0 saturated carbocycles. The maximum absolute atomic E-state index is 5.95. The Labute approximate surface area is 104 Å². The van der Waals surface area contributed by atoms with Crippen molar-refractivity contribution in [2.75, 3.05) is 6.61 Å². The smallest absolute Gasteiger partial charge is 0.155 e. The molecular formula is C14H24O3. The van der Waals surface area contributed by atoms with Crippen LogP contribution in [0.4, 0.5) is 0 Å². The second-order valence-corrected chi connectivity index (χ2v) is 4.30. The van der Waals surface area contributed by atoms with Gasteiger partial charge in [0.1, 0.15) is 6.10 Å². The van der Waals surface area contributed by atoms with Crippen LogP contribution in [0.2, 0.25) is 0 Å². The standard InChI is InChI=1S/C14H24O3/c1-5-8-9-13-14(10-15-11(4)16-13)17-12(6-2)7-3/h5-6,11-14H,1-2,7-10H2,3-4H3/t11-,12+,13+,14-/m1/s1. The first-order chi connectivity index (χ1) is 8.21. The van der Waals surface area contributed by atoms with Crippen LogP contribution in [-0.2, 0) is 14.2 Å². The van der Waals surface area contributed by atoms with E-state index in [-0.39, 0.29) is 24.6 Å². The minimum Gasteiger partial charge on any atom is -0.366 e. The maximum atomic E-state index is 5.95. The molecule has 0 amide bonds. The second-order valence-electron chi connectivity index (χ2n) is 4.30. The third-order valence-corrected chi connectivity index (χ3v) is 2.95. The second kappa shape index (κ2) is 7.64. The van der Waals surface area contributed by atoms with Crippen molar-refractivity contribution >= 4 is 0 Å². The molecule has 0 aliphatic carbocycles. The highest BCUT2D eigenvalue weighted by atomic mass is 16.7. The lowest BCUT2D eigenvalue weighted by molar-refractivity contribution is -0.259. The van der Waals surface area contributed by atoms with Crippen molar-refractivity contribution < 1.29 is 14.2 Å². The highest BCUT2D eigenvalue weighted by molar-refractivity contribution is 4.84. The summed E-state index contributed by atoms with van der Waals surface area (Å²) >= 11 is 0. The molecule has 4 atom stereocenters. The Hall–Kier alpha value is -0.640. The van der Waals surface area contributed by atoms with Gasteiger partial charge in [-0.05, 0) is 26.2 Å². The van der Waals surface area contributed by atoms with Crippen LogP contribution in [0.5, 0.6) is 0 Å². The van der Waals surface area contributed by atoms with Crippen LogP contribution in [0.25, 0.3) is 0 Å². The molecular weight excluding hydrogens is 216 g/mol. The number of hydrogen-bond acceptors (Lipinski definition) is 3. The summed E-state index contributed by atoms with van der Waals surface area (Å²) < 4.78 is 17.2. The zero-order valence-corrected chi connectivity index (χ0v) is 10.9. The number of allylic oxidation sites excluding steroid dienone is 1. The van der Waals surface area contributed by atoms with E-state index in [0.717, 1.165) is 19.3 Å². The third kappa shape index (κ3) is 4.62. The van der Waals surface area contributed by atoms with Crippen molar-refractivity contribution in [2.24, 2.45) is 0 Å². The van der Waals surface area contributed by atoms with Gasteiger partial charge in [0.2, 0.25) is 0 Å². The average molecular weight is 240 g/mol. The van der Waals surface area contributed by atoms with Gasteiger partial charge in [-0.15, -0.1) is 13.2 Å². The molecule has 1 fully saturated rings. The molecule has 1 aliphatic heterocycles. The van der Waals surface area contributed by atoms with E-state index in [1.807, 2.05) is 19.1 Å². The molecule has 0 aromatic rings. The van der Waals surface area contributed by atoms with Gasteiger partial charge in [-0.2, -0.15) is 0 Å². The summed E-state index contributed by atoms with van der Waals surface area (Å²) in [5.74, 6) is 0. The lowest BCUT2D eigenvalue weighted by Crippen LogP contribution is -2.45. The number of rotatable bonds is 7. The van der Waals surface area contributed by atoms with Crippen LogP contribution in [-0.4, -0.2) is 31.2 Å². The van der Waals surface area contributed by atoms with Gasteiger partial charge < -0.3 is 14.2 Å². The zero-order valence-electron chi connectivity index (χ0n) is 10.9. The molecule has 0 radical (unpaired) electrons. The van der Waals surface area contributed by atoms with Gasteiger partial charge in [-0.25, -0.2) is 0 Å². The third-order valence-electron chi connectivity index (χ3n) is 2.95. The van der Waals surface area contributed by atoms with Crippen LogP contribution in [0.1, 0.15) is 33.1 Å². The molecule has 1 saturated heterocycles. The molecule has 0 aromatic heterocycles. The summed E-state index contributed by atoms with van der Waals surface area (Å²) in [7, 11) is 0. The van der Waals surface area contributed by atoms with Gasteiger partial charge in [-0.3, -0.25) is 0 Å². The largest absolute Gasteiger partial charge is 0.366 e. The fraction of sp³-hybridized carbons (Fsp3) is 0.714. The summed E-state index contributed by atoms with van der Waals surface area (Å²) in [5.41, 5.74) is 0. The number of ether oxygens (including phenoxy) is 3. The van der Waals surface area contributed by atoms with Crippen molar-refractivity contribution in [1.82, 2.24) is 0 Å². The monoisotopic (exact) mass is 240 g/mol. The highest BCUT2D eigenvalue weighted by Gasteiger charge is 2.31. The summed E-state index contributed by atoms with van der Waals surface area (Å²) in [6.07, 6.45) is 6.54. The molecule has 1 heterocycles. The first kappa shape index (κ1) is 14.4. The molecule has 0 bridgehead atoms. The van der Waals surface area contributed by atoms with E-state index in [9.17, 15) is 0 Å². The van der Waals surface area contributed by atoms with Crippen molar-refractivity contribution in [3.05, 3.63) is 25.3 Å². The summed E-state index contributed by atoms with van der Waals surface area (Å²) in [6.45, 7) is 12.1. The molecule has 1 rings (SSSR count). The molecule has 0 spiro atoms. The normalized spacial score (nSPS) is 30.8. The van der Waals surface area contributed by atoms with Crippen molar-refractivity contribution in [3.8, 4) is 0 Å². The summed E-state index contributed by atoms with van der Waals surface area (Å²) in [4.78, 5) is 0. The van der Waals surface area contributed by atoms with Gasteiger partial charge in [0.05, 0.1) is 18.8 Å². The molecule has 3 nitrogen and oxygen atoms in total. The van der Waals surface area contributed by atoms with E-state index < -0.39 is 0 Å². The van der Waals surface area contributed by atoms with Crippen LogP contribution >= 0.6 is 0 Å². The Morgan fingerprint density at radius 3 is 2.82 bits per heavy atom. The molecule has 0 unspecified atom stereocenters. The predicted octanol–water partition coefficient (Wildman–Crippen LogP) is 3.06. The summed E-state index contributed by atoms with van der Waals surface area (Å²) in [5, 5.41) is 0. The molecule has 0 aromatic carbocycles. The van der Waals surface area contributed by atoms with Gasteiger partial charge in [0.15, 0.2) is 6.29 Å². The van der Waals surface area contributed by atoms with E-state index in [1.165, 1.54) is 0 Å². The van der Waals surface area contributed by atoms with E-state index in [0.29, 0.717) is 6.61 Å². The van der Waals surface area contributed by atoms with Gasteiger partial charge >= 0.3 is 0 Å². The lowest BCUT2D eigenvalue weighted by atomic mass is 10.1. The SMILES string of the molecule is C=CCC[C@@H]1O[C@H](C)OC[C@H]1O[C@@H](C=C)CC. The fourth-order valence-corrected chi connectivity index (χ4v) is 1.92. The molecule has 3 heteroatoms. The van der Waals surface area contributed by atoms with Gasteiger partial charge in [0, 0.05) is 0 Å². The first-order valence-corrected chi connectivity index (χ1v) is 6.37. The van der Waals surface area contributed by atoms with Crippen LogP contribution in [0.15, 0.2) is 25.3 Å². The van der Waals surface area contributed by atoms with E-state index in [4.69, 9.17) is 14.2 Å². The van der Waals surface area contributed by atoms with Crippen molar-refractivity contribution in [2.45, 2.75) is 57.7 Å². The van der Waals surface area contributed by atoms with Gasteiger partial charge in [-0.1, -0.05) is 19.1 Å². The van der Waals surface area contributed by atoms with Crippen LogP contribution in [0.3, 0.4) is 0 Å². The molecule has 17 heavy (non-hydrogen) atoms. The summed E-state index contributed by atoms with van der Waals surface area (Å²) in [6, 6.07) is 0. The van der Waals surface area contributed by atoms with E-state index >= 15 is 0 Å².